The molecule has 128 valence electrons. The summed E-state index contributed by atoms with van der Waals surface area (Å²) in [5.74, 6) is 1.60. The molecule has 2 aromatic heterocycles. The molecule has 1 aromatic carbocycles. The van der Waals surface area contributed by atoms with Crippen molar-refractivity contribution in [3.63, 3.8) is 0 Å². The molecular formula is C20H23N5. The molecule has 2 aliphatic heterocycles. The molecule has 0 radical (unpaired) electrons. The van der Waals surface area contributed by atoms with Gasteiger partial charge in [-0.3, -0.25) is 10.00 Å². The van der Waals surface area contributed by atoms with Crippen molar-refractivity contribution in [1.82, 2.24) is 20.1 Å². The number of benzene rings is 1. The van der Waals surface area contributed by atoms with Gasteiger partial charge in [0, 0.05) is 30.0 Å². The minimum Gasteiger partial charge on any atom is -0.369 e. The van der Waals surface area contributed by atoms with Gasteiger partial charge in [0.15, 0.2) is 0 Å². The fourth-order valence-corrected chi connectivity index (χ4v) is 4.31. The zero-order chi connectivity index (χ0) is 16.6. The van der Waals surface area contributed by atoms with E-state index in [1.165, 1.54) is 35.0 Å². The third kappa shape index (κ3) is 2.68. The predicted molar refractivity (Wildman–Crippen MR) is 99.8 cm³/mol. The molecule has 5 heteroatoms. The summed E-state index contributed by atoms with van der Waals surface area (Å²) < 4.78 is 0. The van der Waals surface area contributed by atoms with Crippen LogP contribution < -0.4 is 5.32 Å². The Kier molecular flexibility index (Phi) is 3.67. The number of nitrogens with zero attached hydrogens (tertiary/aromatic N) is 3. The number of hydrogen-bond donors (Lipinski definition) is 2. The van der Waals surface area contributed by atoms with Crippen LogP contribution >= 0.6 is 0 Å². The Morgan fingerprint density at radius 1 is 1.12 bits per heavy atom. The Hall–Kier alpha value is -2.40. The Labute approximate surface area is 147 Å². The Balaban J connectivity index is 1.34. The molecule has 0 bridgehead atoms. The molecule has 0 aliphatic carbocycles. The Bertz CT molecular complexity index is 878. The van der Waals surface area contributed by atoms with Crippen LogP contribution in [0.3, 0.4) is 0 Å². The van der Waals surface area contributed by atoms with Crippen LogP contribution in [0, 0.1) is 0 Å². The minimum absolute atomic E-state index is 0.549. The van der Waals surface area contributed by atoms with Gasteiger partial charge in [-0.1, -0.05) is 30.3 Å². The lowest BCUT2D eigenvalue weighted by Crippen LogP contribution is -2.32. The summed E-state index contributed by atoms with van der Waals surface area (Å²) in [6.07, 6.45) is 5.33. The summed E-state index contributed by atoms with van der Waals surface area (Å²) in [6.45, 7) is 4.32. The first-order valence-electron chi connectivity index (χ1n) is 9.24. The lowest BCUT2D eigenvalue weighted by atomic mass is 9.90. The van der Waals surface area contributed by atoms with Crippen molar-refractivity contribution in [2.24, 2.45) is 0 Å². The summed E-state index contributed by atoms with van der Waals surface area (Å²) in [7, 11) is 0. The van der Waals surface area contributed by atoms with Crippen molar-refractivity contribution in [3.8, 4) is 0 Å². The molecule has 4 heterocycles. The van der Waals surface area contributed by atoms with Crippen LogP contribution in [0.1, 0.15) is 35.6 Å². The van der Waals surface area contributed by atoms with E-state index in [1.54, 1.807) is 0 Å². The zero-order valence-electron chi connectivity index (χ0n) is 14.3. The lowest BCUT2D eigenvalue weighted by molar-refractivity contribution is 0.203. The topological polar surface area (TPSA) is 56.8 Å². The van der Waals surface area contributed by atoms with Crippen molar-refractivity contribution in [3.05, 3.63) is 53.3 Å². The summed E-state index contributed by atoms with van der Waals surface area (Å²) in [6, 6.07) is 10.8. The molecule has 1 fully saturated rings. The largest absolute Gasteiger partial charge is 0.369 e. The number of aromatic amines is 1. The average Bonchev–Trinajstić information content (AvgIpc) is 3.29. The average molecular weight is 333 g/mol. The van der Waals surface area contributed by atoms with E-state index in [0.29, 0.717) is 5.92 Å². The Morgan fingerprint density at radius 3 is 2.80 bits per heavy atom. The zero-order valence-corrected chi connectivity index (χ0v) is 14.3. The number of pyridine rings is 1. The van der Waals surface area contributed by atoms with Gasteiger partial charge in [-0.15, -0.1) is 0 Å². The fourth-order valence-electron chi connectivity index (χ4n) is 4.31. The maximum Gasteiger partial charge on any atom is 0.130 e. The van der Waals surface area contributed by atoms with E-state index in [1.807, 2.05) is 6.20 Å². The Morgan fingerprint density at radius 2 is 1.96 bits per heavy atom. The molecule has 2 N–H and O–H groups in total. The number of fused-ring (bicyclic) bond motifs is 3. The molecule has 1 saturated heterocycles. The molecule has 0 saturated carbocycles. The van der Waals surface area contributed by atoms with E-state index in [0.717, 1.165) is 43.9 Å². The maximum absolute atomic E-state index is 4.69. The number of nitrogens with one attached hydrogen (secondary N) is 2. The standard InChI is InChI=1S/C20H23N5/c1-2-4-14(5-3-1)13-25-10-7-15(8-11-25)19-18-16-6-9-21-20(16)22-12-17(18)23-24-19/h1-5,12,15H,6-11,13H2,(H,21,22)(H,23,24). The molecule has 5 rings (SSSR count). The molecule has 25 heavy (non-hydrogen) atoms. The van der Waals surface area contributed by atoms with E-state index < -0.39 is 0 Å². The van der Waals surface area contributed by atoms with Gasteiger partial charge in [0.05, 0.1) is 17.4 Å². The van der Waals surface area contributed by atoms with Gasteiger partial charge < -0.3 is 5.32 Å². The summed E-state index contributed by atoms with van der Waals surface area (Å²) in [5.41, 5.74) is 5.11. The van der Waals surface area contributed by atoms with Crippen LogP contribution in [0.15, 0.2) is 36.5 Å². The molecular weight excluding hydrogens is 310 g/mol. The molecule has 0 amide bonds. The van der Waals surface area contributed by atoms with E-state index >= 15 is 0 Å². The first-order valence-corrected chi connectivity index (χ1v) is 9.24. The molecule has 0 atom stereocenters. The summed E-state index contributed by atoms with van der Waals surface area (Å²) in [5, 5.41) is 12.6. The third-order valence-corrected chi connectivity index (χ3v) is 5.62. The second-order valence-corrected chi connectivity index (χ2v) is 7.20. The SMILES string of the molecule is c1ccc(CN2CCC(c3n[nH]c4cnc5c(c34)CCN5)CC2)cc1. The lowest BCUT2D eigenvalue weighted by Gasteiger charge is -2.31. The molecule has 2 aliphatic rings. The van der Waals surface area contributed by atoms with Gasteiger partial charge >= 0.3 is 0 Å². The number of hydrogen-bond acceptors (Lipinski definition) is 4. The van der Waals surface area contributed by atoms with E-state index in [4.69, 9.17) is 5.10 Å². The second-order valence-electron chi connectivity index (χ2n) is 7.20. The normalized spacial score (nSPS) is 18.4. The number of likely N-dealkylation sites (tertiary alicyclic amines) is 1. The third-order valence-electron chi connectivity index (χ3n) is 5.62. The smallest absolute Gasteiger partial charge is 0.130 e. The first kappa shape index (κ1) is 14.9. The van der Waals surface area contributed by atoms with Gasteiger partial charge in [-0.2, -0.15) is 5.10 Å². The van der Waals surface area contributed by atoms with Crippen LogP contribution in [0.5, 0.6) is 0 Å². The quantitative estimate of drug-likeness (QED) is 0.772. The highest BCUT2D eigenvalue weighted by molar-refractivity contribution is 5.89. The number of anilines is 1. The number of piperidine rings is 1. The van der Waals surface area contributed by atoms with Crippen molar-refractivity contribution < 1.29 is 0 Å². The highest BCUT2D eigenvalue weighted by Crippen LogP contribution is 2.36. The van der Waals surface area contributed by atoms with Crippen molar-refractivity contribution >= 4 is 16.7 Å². The molecule has 3 aromatic rings. The van der Waals surface area contributed by atoms with Crippen molar-refractivity contribution in [2.45, 2.75) is 31.7 Å². The monoisotopic (exact) mass is 333 g/mol. The van der Waals surface area contributed by atoms with Gasteiger partial charge in [0.2, 0.25) is 0 Å². The fraction of sp³-hybridized carbons (Fsp3) is 0.400. The van der Waals surface area contributed by atoms with Crippen molar-refractivity contribution in [2.75, 3.05) is 25.0 Å². The van der Waals surface area contributed by atoms with E-state index in [-0.39, 0.29) is 0 Å². The highest BCUT2D eigenvalue weighted by atomic mass is 15.1. The van der Waals surface area contributed by atoms with E-state index in [2.05, 4.69) is 50.6 Å². The number of aromatic nitrogens is 3. The maximum atomic E-state index is 4.69. The minimum atomic E-state index is 0.549. The van der Waals surface area contributed by atoms with Crippen LogP contribution in [-0.4, -0.2) is 39.7 Å². The highest BCUT2D eigenvalue weighted by Gasteiger charge is 2.27. The van der Waals surface area contributed by atoms with Crippen LogP contribution in [0.2, 0.25) is 0 Å². The second kappa shape index (κ2) is 6.15. The predicted octanol–water partition coefficient (Wildman–Crippen LogP) is 3.31. The number of rotatable bonds is 3. The molecule has 5 nitrogen and oxygen atoms in total. The number of H-pyrrole nitrogens is 1. The molecule has 0 spiro atoms. The van der Waals surface area contributed by atoms with Crippen LogP contribution in [-0.2, 0) is 13.0 Å². The summed E-state index contributed by atoms with van der Waals surface area (Å²) >= 11 is 0. The summed E-state index contributed by atoms with van der Waals surface area (Å²) in [4.78, 5) is 7.08. The van der Waals surface area contributed by atoms with Gasteiger partial charge in [-0.05, 0) is 37.9 Å². The van der Waals surface area contributed by atoms with Crippen LogP contribution in [0.25, 0.3) is 10.9 Å². The van der Waals surface area contributed by atoms with Gasteiger partial charge in [0.1, 0.15) is 5.82 Å². The van der Waals surface area contributed by atoms with Gasteiger partial charge in [0.25, 0.3) is 0 Å². The first-order chi connectivity index (χ1) is 12.4. The van der Waals surface area contributed by atoms with Gasteiger partial charge in [-0.25, -0.2) is 4.98 Å². The molecule has 0 unspecified atom stereocenters. The van der Waals surface area contributed by atoms with E-state index in [9.17, 15) is 0 Å². The van der Waals surface area contributed by atoms with Crippen LogP contribution in [0.4, 0.5) is 5.82 Å². The van der Waals surface area contributed by atoms with Crippen molar-refractivity contribution in [1.29, 1.82) is 0 Å².